The molecule has 3 aromatic rings. The van der Waals surface area contributed by atoms with Crippen LogP contribution in [0.25, 0.3) is 17.2 Å². The zero-order chi connectivity index (χ0) is 19.4. The van der Waals surface area contributed by atoms with Crippen LogP contribution in [0.2, 0.25) is 10.0 Å². The van der Waals surface area contributed by atoms with Crippen molar-refractivity contribution in [2.75, 3.05) is 0 Å². The maximum Gasteiger partial charge on any atom is 0.197 e. The number of halogens is 2. The number of hydrogen-bond acceptors (Lipinski definition) is 4. The van der Waals surface area contributed by atoms with Crippen LogP contribution in [0.4, 0.5) is 0 Å². The summed E-state index contributed by atoms with van der Waals surface area (Å²) in [6.45, 7) is 0. The van der Waals surface area contributed by atoms with Crippen molar-refractivity contribution in [1.82, 2.24) is 0 Å². The lowest BCUT2D eigenvalue weighted by atomic mass is 9.88. The van der Waals surface area contributed by atoms with Gasteiger partial charge in [-0.2, -0.15) is 0 Å². The first kappa shape index (κ1) is 17.8. The fourth-order valence-electron chi connectivity index (χ4n) is 4.12. The van der Waals surface area contributed by atoms with Crippen molar-refractivity contribution in [3.63, 3.8) is 0 Å². The molecule has 6 heteroatoms. The minimum Gasteiger partial charge on any atom is -0.457 e. The maximum atomic E-state index is 12.6. The summed E-state index contributed by atoms with van der Waals surface area (Å²) in [5.74, 6) is 1.05. The first-order valence-electron chi connectivity index (χ1n) is 9.34. The molecule has 1 saturated carbocycles. The average molecular weight is 415 g/mol. The maximum absolute atomic E-state index is 12.6. The van der Waals surface area contributed by atoms with Crippen LogP contribution < -0.4 is 0 Å². The number of allylic oxidation sites excluding steroid dienone is 1. The van der Waals surface area contributed by atoms with Crippen molar-refractivity contribution in [2.24, 2.45) is 0 Å². The Morgan fingerprint density at radius 3 is 2.04 bits per heavy atom. The molecule has 5 rings (SSSR count). The molecule has 1 fully saturated rings. The molecule has 0 bridgehead atoms. The highest BCUT2D eigenvalue weighted by Crippen LogP contribution is 2.38. The minimum atomic E-state index is -0.380. The Bertz CT molecular complexity index is 1080. The third-order valence-electron chi connectivity index (χ3n) is 5.58. The molecular weight excluding hydrogens is 399 g/mol. The molecular formula is C22H16Cl2O4. The smallest absolute Gasteiger partial charge is 0.197 e. The molecule has 28 heavy (non-hydrogen) atoms. The highest BCUT2D eigenvalue weighted by atomic mass is 35.5. The molecule has 0 N–H and O–H groups in total. The molecule has 0 spiro atoms. The molecule has 0 amide bonds. The molecule has 2 aromatic heterocycles. The standard InChI is InChI=1S/C22H16Cl2O4/c23-16-8-13-14(9-17(16)24)22(26)15(21(13)25)6-12-7-19-20(27-12)10-18(28-19)11-4-2-1-3-5-11/h6-11H,1-5H2. The van der Waals surface area contributed by atoms with Gasteiger partial charge in [-0.05, 0) is 31.1 Å². The molecule has 0 atom stereocenters. The number of furan rings is 2. The van der Waals surface area contributed by atoms with Gasteiger partial charge in [0, 0.05) is 29.2 Å². The predicted molar refractivity (Wildman–Crippen MR) is 107 cm³/mol. The topological polar surface area (TPSA) is 60.4 Å². The quantitative estimate of drug-likeness (QED) is 0.340. The fraction of sp³-hybridized carbons (Fsp3) is 0.273. The van der Waals surface area contributed by atoms with Gasteiger partial charge in [-0.15, -0.1) is 0 Å². The van der Waals surface area contributed by atoms with E-state index in [9.17, 15) is 9.59 Å². The molecule has 1 aromatic carbocycles. The second kappa shape index (κ2) is 6.64. The Balaban J connectivity index is 1.47. The van der Waals surface area contributed by atoms with Crippen molar-refractivity contribution < 1.29 is 18.4 Å². The lowest BCUT2D eigenvalue weighted by Gasteiger charge is -2.18. The van der Waals surface area contributed by atoms with E-state index in [1.54, 1.807) is 6.07 Å². The van der Waals surface area contributed by atoms with Crippen LogP contribution in [0.3, 0.4) is 0 Å². The normalized spacial score (nSPS) is 17.6. The Labute approximate surface area is 171 Å². The lowest BCUT2D eigenvalue weighted by molar-refractivity contribution is 0.0990. The van der Waals surface area contributed by atoms with E-state index in [-0.39, 0.29) is 38.3 Å². The van der Waals surface area contributed by atoms with Gasteiger partial charge in [0.2, 0.25) is 0 Å². The molecule has 2 aliphatic carbocycles. The summed E-state index contributed by atoms with van der Waals surface area (Å²) in [4.78, 5) is 25.3. The van der Waals surface area contributed by atoms with Gasteiger partial charge in [0.15, 0.2) is 22.7 Å². The number of benzene rings is 1. The molecule has 0 aliphatic heterocycles. The van der Waals surface area contributed by atoms with Crippen LogP contribution >= 0.6 is 23.2 Å². The summed E-state index contributed by atoms with van der Waals surface area (Å²) in [6, 6.07) is 6.52. The van der Waals surface area contributed by atoms with Crippen LogP contribution in [-0.2, 0) is 0 Å². The molecule has 2 heterocycles. The Morgan fingerprint density at radius 1 is 0.821 bits per heavy atom. The summed E-state index contributed by atoms with van der Waals surface area (Å²) in [6.07, 6.45) is 7.47. The SMILES string of the molecule is O=C1C(=Cc2cc3oc(C4CCCCC4)cc3o2)C(=O)c2cc(Cl)c(Cl)cc21. The zero-order valence-corrected chi connectivity index (χ0v) is 16.4. The molecule has 0 saturated heterocycles. The van der Waals surface area contributed by atoms with Crippen LogP contribution in [0.15, 0.2) is 38.7 Å². The van der Waals surface area contributed by atoms with E-state index in [1.165, 1.54) is 37.5 Å². The van der Waals surface area contributed by atoms with Crippen molar-refractivity contribution >= 4 is 52.0 Å². The number of fused-ring (bicyclic) bond motifs is 2. The summed E-state index contributed by atoms with van der Waals surface area (Å²) in [7, 11) is 0. The molecule has 0 unspecified atom stereocenters. The van der Waals surface area contributed by atoms with E-state index in [4.69, 9.17) is 32.0 Å². The van der Waals surface area contributed by atoms with Crippen LogP contribution in [-0.4, -0.2) is 11.6 Å². The number of rotatable bonds is 2. The van der Waals surface area contributed by atoms with Gasteiger partial charge in [0.1, 0.15) is 11.5 Å². The fourth-order valence-corrected chi connectivity index (χ4v) is 4.45. The predicted octanol–water partition coefficient (Wildman–Crippen LogP) is 6.84. The van der Waals surface area contributed by atoms with Crippen molar-refractivity contribution in [3.05, 3.63) is 62.5 Å². The van der Waals surface area contributed by atoms with Crippen molar-refractivity contribution in [2.45, 2.75) is 38.0 Å². The molecule has 2 aliphatic rings. The second-order valence-corrected chi connectivity index (χ2v) is 8.20. The number of carbonyl (C=O) groups is 2. The minimum absolute atomic E-state index is 0.0391. The summed E-state index contributed by atoms with van der Waals surface area (Å²) < 4.78 is 11.8. The van der Waals surface area contributed by atoms with Crippen LogP contribution in [0.1, 0.15) is 70.3 Å². The summed E-state index contributed by atoms with van der Waals surface area (Å²) in [5, 5.41) is 0.488. The monoisotopic (exact) mass is 414 g/mol. The van der Waals surface area contributed by atoms with E-state index >= 15 is 0 Å². The highest BCUT2D eigenvalue weighted by molar-refractivity contribution is 6.46. The van der Waals surface area contributed by atoms with Crippen molar-refractivity contribution in [1.29, 1.82) is 0 Å². The molecule has 142 valence electrons. The molecule has 0 radical (unpaired) electrons. The summed E-state index contributed by atoms with van der Waals surface area (Å²) >= 11 is 12.0. The van der Waals surface area contributed by atoms with E-state index in [0.29, 0.717) is 22.8 Å². The zero-order valence-electron chi connectivity index (χ0n) is 14.9. The average Bonchev–Trinajstić information content (AvgIpc) is 3.31. The second-order valence-electron chi connectivity index (χ2n) is 7.39. The van der Waals surface area contributed by atoms with E-state index < -0.39 is 0 Å². The third kappa shape index (κ3) is 2.83. The van der Waals surface area contributed by atoms with E-state index in [2.05, 4.69) is 0 Å². The number of Topliss-reactive ketones (excluding diaryl/α,β-unsaturated/α-hetero) is 2. The molecule has 4 nitrogen and oxygen atoms in total. The van der Waals surface area contributed by atoms with Gasteiger partial charge in [-0.25, -0.2) is 0 Å². The van der Waals surface area contributed by atoms with Gasteiger partial charge in [0.25, 0.3) is 0 Å². The number of carbonyl (C=O) groups excluding carboxylic acids is 2. The Hall–Kier alpha value is -2.30. The van der Waals surface area contributed by atoms with Gasteiger partial charge >= 0.3 is 0 Å². The van der Waals surface area contributed by atoms with Crippen molar-refractivity contribution in [3.8, 4) is 0 Å². The number of ketones is 2. The number of hydrogen-bond donors (Lipinski definition) is 0. The van der Waals surface area contributed by atoms with Gasteiger partial charge in [-0.3, -0.25) is 9.59 Å². The van der Waals surface area contributed by atoms with Crippen LogP contribution in [0, 0.1) is 0 Å². The van der Waals surface area contributed by atoms with Gasteiger partial charge < -0.3 is 8.83 Å². The lowest BCUT2D eigenvalue weighted by Crippen LogP contribution is -2.02. The largest absolute Gasteiger partial charge is 0.457 e. The third-order valence-corrected chi connectivity index (χ3v) is 6.30. The summed E-state index contributed by atoms with van der Waals surface area (Å²) in [5.41, 5.74) is 1.83. The van der Waals surface area contributed by atoms with Gasteiger partial charge in [-0.1, -0.05) is 42.5 Å². The van der Waals surface area contributed by atoms with Gasteiger partial charge in [0.05, 0.1) is 15.6 Å². The first-order chi connectivity index (χ1) is 13.5. The highest BCUT2D eigenvalue weighted by Gasteiger charge is 2.34. The Kier molecular flexibility index (Phi) is 4.22. The Morgan fingerprint density at radius 2 is 1.43 bits per heavy atom. The first-order valence-corrected chi connectivity index (χ1v) is 10.1. The van der Waals surface area contributed by atoms with E-state index in [1.807, 2.05) is 6.07 Å². The van der Waals surface area contributed by atoms with E-state index in [0.717, 1.165) is 18.6 Å². The van der Waals surface area contributed by atoms with Crippen LogP contribution in [0.5, 0.6) is 0 Å².